The van der Waals surface area contributed by atoms with E-state index in [9.17, 15) is 4.79 Å². The van der Waals surface area contributed by atoms with Crippen molar-refractivity contribution in [3.8, 4) is 0 Å². The normalized spacial score (nSPS) is 22.9. The van der Waals surface area contributed by atoms with Crippen molar-refractivity contribution in [1.82, 2.24) is 4.90 Å². The van der Waals surface area contributed by atoms with Gasteiger partial charge in [-0.3, -0.25) is 9.69 Å². The van der Waals surface area contributed by atoms with Gasteiger partial charge in [0.05, 0.1) is 7.11 Å². The molecule has 0 radical (unpaired) electrons. The minimum Gasteiger partial charge on any atom is -0.468 e. The number of likely N-dealkylation sites (tertiary alicyclic amines) is 1. The molecule has 1 atom stereocenters. The highest BCUT2D eigenvalue weighted by Crippen LogP contribution is 2.18. The van der Waals surface area contributed by atoms with Gasteiger partial charge in [0.2, 0.25) is 0 Å². The number of ether oxygens (including phenoxy) is 1. The zero-order valence-corrected chi connectivity index (χ0v) is 7.45. The lowest BCUT2D eigenvalue weighted by atomic mass is 10.0. The van der Waals surface area contributed by atoms with Crippen LogP contribution in [0.2, 0.25) is 0 Å². The monoisotopic (exact) mass is 169 g/mol. The largest absolute Gasteiger partial charge is 0.468 e. The summed E-state index contributed by atoms with van der Waals surface area (Å²) in [4.78, 5) is 13.2. The van der Waals surface area contributed by atoms with Crippen molar-refractivity contribution < 1.29 is 9.53 Å². The minimum absolute atomic E-state index is 0.00921. The number of hydrogen-bond acceptors (Lipinski definition) is 3. The number of nitrogens with zero attached hydrogens (tertiary/aromatic N) is 1. The maximum Gasteiger partial charge on any atom is 0.323 e. The summed E-state index contributed by atoms with van der Waals surface area (Å²) in [5.74, 6) is -0.106. The molecule has 1 saturated heterocycles. The number of hydrogen-bond donors (Lipinski definition) is 0. The second kappa shape index (κ2) is 4.26. The predicted octanol–water partition coefficient (Wildman–Crippen LogP) is 0.810. The third-order valence-electron chi connectivity index (χ3n) is 2.22. The Labute approximate surface area is 73.0 Å². The molecule has 1 aliphatic heterocycles. The first-order valence-electron chi connectivity index (χ1n) is 4.22. The van der Waals surface area contributed by atoms with Gasteiger partial charge in [-0.1, -0.05) is 6.08 Å². The Bertz CT molecular complexity index is 179. The first kappa shape index (κ1) is 9.26. The molecule has 0 bridgehead atoms. The Morgan fingerprint density at radius 3 is 3.00 bits per heavy atom. The van der Waals surface area contributed by atoms with Crippen LogP contribution >= 0.6 is 0 Å². The second-order valence-electron chi connectivity index (χ2n) is 2.94. The highest BCUT2D eigenvalue weighted by molar-refractivity contribution is 5.76. The van der Waals surface area contributed by atoms with Crippen molar-refractivity contribution in [3.05, 3.63) is 12.7 Å². The van der Waals surface area contributed by atoms with Crippen molar-refractivity contribution in [2.75, 3.05) is 20.2 Å². The molecule has 1 unspecified atom stereocenters. The summed E-state index contributed by atoms with van der Waals surface area (Å²) in [6.07, 6.45) is 3.74. The highest BCUT2D eigenvalue weighted by Gasteiger charge is 2.33. The minimum atomic E-state index is -0.106. The molecule has 1 heterocycles. The summed E-state index contributed by atoms with van der Waals surface area (Å²) in [6, 6.07) is 0.00921. The van der Waals surface area contributed by atoms with Gasteiger partial charge in [0.15, 0.2) is 0 Å². The fourth-order valence-corrected chi connectivity index (χ4v) is 1.37. The Hall–Kier alpha value is -0.830. The molecule has 0 aromatic heterocycles. The molecule has 3 nitrogen and oxygen atoms in total. The third kappa shape index (κ3) is 1.85. The van der Waals surface area contributed by atoms with E-state index in [1.54, 1.807) is 0 Å². The summed E-state index contributed by atoms with van der Waals surface area (Å²) >= 11 is 0. The third-order valence-corrected chi connectivity index (χ3v) is 2.22. The lowest BCUT2D eigenvalue weighted by molar-refractivity contribution is -0.151. The zero-order valence-electron chi connectivity index (χ0n) is 7.45. The number of rotatable bonds is 4. The van der Waals surface area contributed by atoms with E-state index in [0.717, 1.165) is 25.9 Å². The van der Waals surface area contributed by atoms with Crippen LogP contribution in [0.15, 0.2) is 12.7 Å². The van der Waals surface area contributed by atoms with Crippen molar-refractivity contribution in [2.24, 2.45) is 0 Å². The van der Waals surface area contributed by atoms with Gasteiger partial charge in [0.25, 0.3) is 0 Å². The van der Waals surface area contributed by atoms with Crippen molar-refractivity contribution in [3.63, 3.8) is 0 Å². The Morgan fingerprint density at radius 2 is 2.58 bits per heavy atom. The van der Waals surface area contributed by atoms with Crippen LogP contribution in [-0.2, 0) is 9.53 Å². The molecule has 0 amide bonds. The highest BCUT2D eigenvalue weighted by atomic mass is 16.5. The van der Waals surface area contributed by atoms with E-state index >= 15 is 0 Å². The van der Waals surface area contributed by atoms with E-state index in [-0.39, 0.29) is 12.0 Å². The van der Waals surface area contributed by atoms with E-state index in [4.69, 9.17) is 0 Å². The van der Waals surface area contributed by atoms with Crippen LogP contribution in [0.1, 0.15) is 12.8 Å². The second-order valence-corrected chi connectivity index (χ2v) is 2.94. The van der Waals surface area contributed by atoms with Crippen molar-refractivity contribution in [1.29, 1.82) is 0 Å². The Morgan fingerprint density at radius 1 is 1.83 bits per heavy atom. The molecule has 0 saturated carbocycles. The smallest absolute Gasteiger partial charge is 0.323 e. The maximum absolute atomic E-state index is 11.1. The van der Waals surface area contributed by atoms with Crippen LogP contribution in [0.4, 0.5) is 0 Å². The molecule has 1 aliphatic rings. The zero-order chi connectivity index (χ0) is 8.97. The average molecular weight is 169 g/mol. The van der Waals surface area contributed by atoms with Crippen molar-refractivity contribution >= 4 is 5.97 Å². The van der Waals surface area contributed by atoms with Crippen LogP contribution in [0.3, 0.4) is 0 Å². The van der Waals surface area contributed by atoms with E-state index in [1.165, 1.54) is 7.11 Å². The summed E-state index contributed by atoms with van der Waals surface area (Å²) in [7, 11) is 1.44. The number of carbonyl (C=O) groups excluding carboxylic acids is 1. The lowest BCUT2D eigenvalue weighted by Crippen LogP contribution is -2.52. The van der Waals surface area contributed by atoms with Gasteiger partial charge >= 0.3 is 5.97 Å². The molecule has 0 N–H and O–H groups in total. The summed E-state index contributed by atoms with van der Waals surface area (Å²) in [5, 5.41) is 0. The van der Waals surface area contributed by atoms with Crippen molar-refractivity contribution in [2.45, 2.75) is 18.9 Å². The van der Waals surface area contributed by atoms with Gasteiger partial charge in [0, 0.05) is 13.1 Å². The van der Waals surface area contributed by atoms with Gasteiger partial charge in [0.1, 0.15) is 6.04 Å². The molecule has 1 fully saturated rings. The van der Waals surface area contributed by atoms with E-state index in [1.807, 2.05) is 6.08 Å². The predicted molar refractivity (Wildman–Crippen MR) is 46.8 cm³/mol. The number of methoxy groups -OCH3 is 1. The topological polar surface area (TPSA) is 29.5 Å². The van der Waals surface area contributed by atoms with Crippen LogP contribution in [0, 0.1) is 0 Å². The van der Waals surface area contributed by atoms with E-state index in [2.05, 4.69) is 16.2 Å². The van der Waals surface area contributed by atoms with Gasteiger partial charge < -0.3 is 4.74 Å². The summed E-state index contributed by atoms with van der Waals surface area (Å²) in [5.41, 5.74) is 0. The molecule has 0 aliphatic carbocycles. The molecule has 0 aromatic carbocycles. The number of esters is 1. The maximum atomic E-state index is 11.1. The number of carbonyl (C=O) groups is 1. The standard InChI is InChI=1S/C9H15NO2/c1-3-4-6-10-7-5-8(10)9(11)12-2/h3,8H,1,4-7H2,2H3. The quantitative estimate of drug-likeness (QED) is 0.460. The molecule has 12 heavy (non-hydrogen) atoms. The molecular weight excluding hydrogens is 154 g/mol. The molecule has 1 rings (SSSR count). The van der Waals surface area contributed by atoms with Gasteiger partial charge in [-0.2, -0.15) is 0 Å². The van der Waals surface area contributed by atoms with Crippen LogP contribution in [0.25, 0.3) is 0 Å². The SMILES string of the molecule is C=CCCN1CCC1C(=O)OC. The van der Waals surface area contributed by atoms with Crippen LogP contribution in [0.5, 0.6) is 0 Å². The van der Waals surface area contributed by atoms with Crippen LogP contribution < -0.4 is 0 Å². The van der Waals surface area contributed by atoms with Gasteiger partial charge in [-0.25, -0.2) is 0 Å². The van der Waals surface area contributed by atoms with Crippen LogP contribution in [-0.4, -0.2) is 37.1 Å². The van der Waals surface area contributed by atoms with Gasteiger partial charge in [-0.05, 0) is 12.8 Å². The molecule has 68 valence electrons. The van der Waals surface area contributed by atoms with Gasteiger partial charge in [-0.15, -0.1) is 6.58 Å². The lowest BCUT2D eigenvalue weighted by Gasteiger charge is -2.38. The Kier molecular flexibility index (Phi) is 3.29. The first-order valence-corrected chi connectivity index (χ1v) is 4.22. The fourth-order valence-electron chi connectivity index (χ4n) is 1.37. The molecular formula is C9H15NO2. The average Bonchev–Trinajstić information content (AvgIpc) is 2.03. The van der Waals surface area contributed by atoms with E-state index in [0.29, 0.717) is 0 Å². The molecule has 0 aromatic rings. The summed E-state index contributed by atoms with van der Waals surface area (Å²) < 4.78 is 4.66. The van der Waals surface area contributed by atoms with E-state index < -0.39 is 0 Å². The molecule has 3 heteroatoms. The molecule has 0 spiro atoms. The Balaban J connectivity index is 2.28. The summed E-state index contributed by atoms with van der Waals surface area (Å²) in [6.45, 7) is 5.57. The fraction of sp³-hybridized carbons (Fsp3) is 0.667. The first-order chi connectivity index (χ1) is 5.79.